The van der Waals surface area contributed by atoms with Crippen molar-refractivity contribution in [1.82, 2.24) is 0 Å². The summed E-state index contributed by atoms with van der Waals surface area (Å²) in [5.74, 6) is -3.03. The molecule has 8 heteroatoms. The largest absolute Gasteiger partial charge is 0.425 e. The molecule has 3 rings (SSSR count). The number of rotatable bonds is 7. The summed E-state index contributed by atoms with van der Waals surface area (Å²) in [5.41, 5.74) is 2.46. The summed E-state index contributed by atoms with van der Waals surface area (Å²) >= 11 is 2.33. The maximum Gasteiger partial charge on any atom is 0.342 e. The van der Waals surface area contributed by atoms with Gasteiger partial charge in [-0.3, -0.25) is 0 Å². The molecule has 1 aliphatic heterocycles. The smallest absolute Gasteiger partial charge is 0.342 e. The summed E-state index contributed by atoms with van der Waals surface area (Å²) in [4.78, 5) is 18.5. The van der Waals surface area contributed by atoms with E-state index in [1.165, 1.54) is 19.2 Å². The predicted octanol–water partition coefficient (Wildman–Crippen LogP) is 5.01. The fourth-order valence-corrected chi connectivity index (χ4v) is 4.25. The van der Waals surface area contributed by atoms with Crippen molar-refractivity contribution in [2.75, 3.05) is 13.4 Å². The van der Waals surface area contributed by atoms with Crippen LogP contribution in [0.2, 0.25) is 0 Å². The minimum absolute atomic E-state index is 0.129. The molecule has 0 bridgehead atoms. The second-order valence-corrected chi connectivity index (χ2v) is 8.02. The molecule has 1 atom stereocenters. The molecule has 1 heterocycles. The number of carbonyl (C=O) groups excluding carboxylic acids is 1. The number of hydrogen-bond donors (Lipinski definition) is 1. The van der Waals surface area contributed by atoms with Crippen molar-refractivity contribution in [2.24, 2.45) is 0 Å². The van der Waals surface area contributed by atoms with E-state index in [1.54, 1.807) is 24.8 Å². The molecule has 0 amide bonds. The fourth-order valence-electron chi connectivity index (χ4n) is 3.26. The zero-order chi connectivity index (χ0) is 21.2. The summed E-state index contributed by atoms with van der Waals surface area (Å²) < 4.78 is 24.6. The second-order valence-electron chi connectivity index (χ2n) is 6.43. The molecule has 2 aromatic rings. The topological polar surface area (TPSA) is 65.0 Å². The Morgan fingerprint density at radius 2 is 1.86 bits per heavy atom. The molecule has 0 saturated carbocycles. The Bertz CT molecular complexity index is 976. The Labute approximate surface area is 177 Å². The van der Waals surface area contributed by atoms with Crippen LogP contribution in [0.4, 0.5) is 4.39 Å². The van der Waals surface area contributed by atoms with Crippen molar-refractivity contribution in [1.29, 1.82) is 0 Å². The summed E-state index contributed by atoms with van der Waals surface area (Å²) in [5, 5.41) is 11.0. The van der Waals surface area contributed by atoms with Crippen molar-refractivity contribution >= 4 is 40.9 Å². The van der Waals surface area contributed by atoms with Gasteiger partial charge in [0.2, 0.25) is 5.79 Å². The van der Waals surface area contributed by atoms with Crippen LogP contribution in [-0.2, 0) is 18.8 Å². The Hall–Kier alpha value is -1.84. The van der Waals surface area contributed by atoms with Crippen molar-refractivity contribution in [3.63, 3.8) is 0 Å². The minimum atomic E-state index is -1.83. The van der Waals surface area contributed by atoms with Crippen molar-refractivity contribution in [2.45, 2.75) is 35.8 Å². The maximum absolute atomic E-state index is 14.6. The van der Waals surface area contributed by atoms with Gasteiger partial charge in [-0.2, -0.15) is 4.33 Å². The lowest BCUT2D eigenvalue weighted by atomic mass is 9.89. The molecule has 0 aliphatic carbocycles. The summed E-state index contributed by atoms with van der Waals surface area (Å²) in [6, 6.07) is 9.97. The van der Waals surface area contributed by atoms with Gasteiger partial charge < -0.3 is 9.84 Å². The van der Waals surface area contributed by atoms with E-state index in [2.05, 4.69) is 4.89 Å². The number of carbonyl (C=O) groups is 1. The third-order valence-electron chi connectivity index (χ3n) is 4.68. The standard InChI is InChI=1S/C21H21FO5S2/c1-5-21(24)19(14-7-9-17(15(22)11-14)29-27-25-3)18(20(23)26-21)13-6-8-16(28-4)12(2)10-13/h6-11,24H,5H2,1-4H3. The highest BCUT2D eigenvalue weighted by Gasteiger charge is 2.46. The van der Waals surface area contributed by atoms with Crippen LogP contribution < -0.4 is 0 Å². The van der Waals surface area contributed by atoms with Gasteiger partial charge in [0.1, 0.15) is 5.82 Å². The monoisotopic (exact) mass is 436 g/mol. The lowest BCUT2D eigenvalue weighted by Gasteiger charge is -2.23. The Morgan fingerprint density at radius 1 is 1.17 bits per heavy atom. The van der Waals surface area contributed by atoms with Crippen LogP contribution in [0.3, 0.4) is 0 Å². The van der Waals surface area contributed by atoms with Gasteiger partial charge in [0.15, 0.2) is 0 Å². The van der Waals surface area contributed by atoms with E-state index in [1.807, 2.05) is 31.4 Å². The molecule has 154 valence electrons. The van der Waals surface area contributed by atoms with Crippen LogP contribution >= 0.6 is 23.8 Å². The van der Waals surface area contributed by atoms with E-state index >= 15 is 0 Å². The number of aliphatic hydroxyl groups is 1. The summed E-state index contributed by atoms with van der Waals surface area (Å²) in [6.07, 6.45) is 2.10. The Morgan fingerprint density at radius 3 is 2.45 bits per heavy atom. The molecule has 0 aromatic heterocycles. The van der Waals surface area contributed by atoms with E-state index in [9.17, 15) is 14.3 Å². The van der Waals surface area contributed by atoms with Crippen LogP contribution in [0.15, 0.2) is 46.2 Å². The summed E-state index contributed by atoms with van der Waals surface area (Å²) in [7, 11) is 1.32. The molecule has 2 aromatic carbocycles. The number of thioether (sulfide) groups is 1. The normalized spacial score (nSPS) is 19.0. The lowest BCUT2D eigenvalue weighted by molar-refractivity contribution is -0.175. The number of hydrogen-bond acceptors (Lipinski definition) is 7. The van der Waals surface area contributed by atoms with Gasteiger partial charge in [-0.15, -0.1) is 11.8 Å². The van der Waals surface area contributed by atoms with E-state index < -0.39 is 17.6 Å². The first-order valence-corrected chi connectivity index (χ1v) is 10.8. The van der Waals surface area contributed by atoms with Crippen LogP contribution in [0, 0.1) is 12.7 Å². The molecule has 0 spiro atoms. The number of ether oxygens (including phenoxy) is 1. The van der Waals surface area contributed by atoms with Gasteiger partial charge in [0, 0.05) is 16.9 Å². The number of cyclic esters (lactones) is 1. The minimum Gasteiger partial charge on any atom is -0.425 e. The zero-order valence-electron chi connectivity index (χ0n) is 16.4. The lowest BCUT2D eigenvalue weighted by Crippen LogP contribution is -2.30. The molecule has 1 N–H and O–H groups in total. The molecule has 29 heavy (non-hydrogen) atoms. The van der Waals surface area contributed by atoms with Gasteiger partial charge in [0.05, 0.1) is 29.6 Å². The van der Waals surface area contributed by atoms with Gasteiger partial charge in [-0.25, -0.2) is 14.1 Å². The second kappa shape index (κ2) is 8.89. The predicted molar refractivity (Wildman–Crippen MR) is 111 cm³/mol. The van der Waals surface area contributed by atoms with Gasteiger partial charge in [-0.1, -0.05) is 25.1 Å². The molecular formula is C21H21FO5S2. The third kappa shape index (κ3) is 4.22. The first-order valence-electron chi connectivity index (χ1n) is 8.87. The molecule has 5 nitrogen and oxygen atoms in total. The number of benzene rings is 2. The molecule has 0 saturated heterocycles. The van der Waals surface area contributed by atoms with Crippen LogP contribution in [0.25, 0.3) is 11.1 Å². The highest BCUT2D eigenvalue weighted by atomic mass is 32.2. The number of aryl methyl sites for hydroxylation is 1. The molecule has 1 unspecified atom stereocenters. The molecule has 0 fully saturated rings. The van der Waals surface area contributed by atoms with Crippen molar-refractivity contribution < 1.29 is 28.2 Å². The van der Waals surface area contributed by atoms with Gasteiger partial charge in [0.25, 0.3) is 0 Å². The first-order chi connectivity index (χ1) is 13.8. The van der Waals surface area contributed by atoms with Crippen molar-refractivity contribution in [3.8, 4) is 0 Å². The zero-order valence-corrected chi connectivity index (χ0v) is 18.1. The molecular weight excluding hydrogens is 415 g/mol. The SMILES string of the molecule is CCC1(O)OC(=O)C(c2ccc(SC)c(C)c2)=C1c1ccc(SOOC)c(F)c1. The van der Waals surface area contributed by atoms with Crippen molar-refractivity contribution in [3.05, 3.63) is 58.9 Å². The van der Waals surface area contributed by atoms with E-state index in [0.29, 0.717) is 11.1 Å². The third-order valence-corrected chi connectivity index (χ3v) is 6.29. The highest BCUT2D eigenvalue weighted by molar-refractivity contribution is 7.98. The van der Waals surface area contributed by atoms with Crippen LogP contribution in [0.5, 0.6) is 0 Å². The first kappa shape index (κ1) is 21.9. The van der Waals surface area contributed by atoms with Crippen LogP contribution in [-0.4, -0.2) is 30.2 Å². The number of esters is 1. The average molecular weight is 437 g/mol. The van der Waals surface area contributed by atoms with Gasteiger partial charge >= 0.3 is 5.97 Å². The molecule has 0 radical (unpaired) electrons. The Kier molecular flexibility index (Phi) is 6.70. The highest BCUT2D eigenvalue weighted by Crippen LogP contribution is 2.45. The quantitative estimate of drug-likeness (QED) is 0.215. The van der Waals surface area contributed by atoms with Crippen LogP contribution in [0.1, 0.15) is 30.0 Å². The van der Waals surface area contributed by atoms with E-state index in [4.69, 9.17) is 9.07 Å². The average Bonchev–Trinajstić information content (AvgIpc) is 2.97. The maximum atomic E-state index is 14.6. The summed E-state index contributed by atoms with van der Waals surface area (Å²) in [6.45, 7) is 3.65. The number of halogens is 1. The molecule has 1 aliphatic rings. The van der Waals surface area contributed by atoms with E-state index in [0.717, 1.165) is 22.5 Å². The van der Waals surface area contributed by atoms with E-state index in [-0.39, 0.29) is 22.5 Å². The van der Waals surface area contributed by atoms with Gasteiger partial charge in [-0.05, 0) is 48.1 Å². The fraction of sp³-hybridized carbons (Fsp3) is 0.286. The Balaban J connectivity index is 2.18.